The summed E-state index contributed by atoms with van der Waals surface area (Å²) >= 11 is 0. The molecule has 0 bridgehead atoms. The summed E-state index contributed by atoms with van der Waals surface area (Å²) in [6.45, 7) is 4.89. The molecule has 1 saturated carbocycles. The van der Waals surface area contributed by atoms with E-state index in [0.717, 1.165) is 25.8 Å². The topological polar surface area (TPSA) is 61.8 Å². The average molecular weight is 298 g/mol. The molecular formula is C16H30N2O3. The van der Waals surface area contributed by atoms with Crippen LogP contribution in [0.2, 0.25) is 0 Å². The lowest BCUT2D eigenvalue weighted by molar-refractivity contribution is -0.123. The first-order valence-corrected chi connectivity index (χ1v) is 8.44. The average Bonchev–Trinajstić information content (AvgIpc) is 2.92. The molecule has 5 nitrogen and oxygen atoms in total. The van der Waals surface area contributed by atoms with Gasteiger partial charge in [0.25, 0.3) is 0 Å². The molecule has 2 aliphatic rings. The van der Waals surface area contributed by atoms with E-state index in [4.69, 9.17) is 4.74 Å². The molecule has 2 N–H and O–H groups in total. The lowest BCUT2D eigenvalue weighted by Crippen LogP contribution is -2.42. The molecule has 21 heavy (non-hydrogen) atoms. The van der Waals surface area contributed by atoms with Gasteiger partial charge in [-0.15, -0.1) is 0 Å². The third kappa shape index (κ3) is 5.24. The van der Waals surface area contributed by atoms with Crippen LogP contribution in [-0.2, 0) is 9.53 Å². The molecule has 1 saturated heterocycles. The van der Waals surface area contributed by atoms with E-state index < -0.39 is 0 Å². The van der Waals surface area contributed by atoms with E-state index in [0.29, 0.717) is 31.7 Å². The van der Waals surface area contributed by atoms with Crippen LogP contribution in [0.15, 0.2) is 0 Å². The molecule has 0 aromatic carbocycles. The largest absolute Gasteiger partial charge is 0.395 e. The Morgan fingerprint density at radius 2 is 2.10 bits per heavy atom. The van der Waals surface area contributed by atoms with Crippen LogP contribution in [0.4, 0.5) is 0 Å². The van der Waals surface area contributed by atoms with E-state index in [1.807, 2.05) is 0 Å². The van der Waals surface area contributed by atoms with Gasteiger partial charge in [-0.3, -0.25) is 9.69 Å². The van der Waals surface area contributed by atoms with Gasteiger partial charge in [0.15, 0.2) is 0 Å². The number of carbonyl (C=O) groups excluding carboxylic acids is 1. The second-order valence-electron chi connectivity index (χ2n) is 6.47. The zero-order valence-electron chi connectivity index (χ0n) is 13.2. The van der Waals surface area contributed by atoms with Crippen molar-refractivity contribution in [1.29, 1.82) is 0 Å². The van der Waals surface area contributed by atoms with Crippen molar-refractivity contribution in [3.8, 4) is 0 Å². The predicted octanol–water partition coefficient (Wildman–Crippen LogP) is 1.15. The SMILES string of the molecule is CC1CCCCC1OCCNC(=O)CN1CCC[C@@H]1CO. The van der Waals surface area contributed by atoms with Crippen LogP contribution in [0.5, 0.6) is 0 Å². The zero-order valence-corrected chi connectivity index (χ0v) is 13.2. The van der Waals surface area contributed by atoms with Gasteiger partial charge in [-0.25, -0.2) is 0 Å². The molecule has 0 aromatic heterocycles. The minimum Gasteiger partial charge on any atom is -0.395 e. The second-order valence-corrected chi connectivity index (χ2v) is 6.47. The highest BCUT2D eigenvalue weighted by Crippen LogP contribution is 2.25. The second kappa shape index (κ2) is 8.71. The predicted molar refractivity (Wildman–Crippen MR) is 82.1 cm³/mol. The minimum atomic E-state index is 0.0376. The fourth-order valence-corrected chi connectivity index (χ4v) is 3.48. The fourth-order valence-electron chi connectivity index (χ4n) is 3.48. The van der Waals surface area contributed by atoms with Crippen LogP contribution in [0.25, 0.3) is 0 Å². The molecule has 122 valence electrons. The maximum absolute atomic E-state index is 11.9. The van der Waals surface area contributed by atoms with Gasteiger partial charge in [0.1, 0.15) is 0 Å². The molecule has 2 fully saturated rings. The van der Waals surface area contributed by atoms with E-state index in [1.165, 1.54) is 19.3 Å². The normalized spacial score (nSPS) is 30.5. The van der Waals surface area contributed by atoms with Crippen LogP contribution in [0.3, 0.4) is 0 Å². The Morgan fingerprint density at radius 3 is 2.86 bits per heavy atom. The Hall–Kier alpha value is -0.650. The molecule has 0 spiro atoms. The highest BCUT2D eigenvalue weighted by Gasteiger charge is 2.25. The summed E-state index contributed by atoms with van der Waals surface area (Å²) in [5.41, 5.74) is 0. The molecule has 3 atom stereocenters. The van der Waals surface area contributed by atoms with Gasteiger partial charge in [0, 0.05) is 12.6 Å². The molecule has 1 aliphatic carbocycles. The first-order valence-electron chi connectivity index (χ1n) is 8.44. The Morgan fingerprint density at radius 1 is 1.29 bits per heavy atom. The molecule has 5 heteroatoms. The number of rotatable bonds is 7. The molecule has 0 radical (unpaired) electrons. The lowest BCUT2D eigenvalue weighted by Gasteiger charge is -2.28. The van der Waals surface area contributed by atoms with Gasteiger partial charge in [-0.2, -0.15) is 0 Å². The summed E-state index contributed by atoms with van der Waals surface area (Å²) in [5, 5.41) is 12.2. The van der Waals surface area contributed by atoms with Gasteiger partial charge in [-0.05, 0) is 38.1 Å². The van der Waals surface area contributed by atoms with Crippen molar-refractivity contribution in [1.82, 2.24) is 10.2 Å². The molecule has 0 aromatic rings. The van der Waals surface area contributed by atoms with Crippen molar-refractivity contribution in [2.24, 2.45) is 5.92 Å². The molecule has 1 heterocycles. The van der Waals surface area contributed by atoms with Crippen LogP contribution in [0, 0.1) is 5.92 Å². The number of likely N-dealkylation sites (tertiary alicyclic amines) is 1. The highest BCUT2D eigenvalue weighted by molar-refractivity contribution is 5.78. The molecule has 1 amide bonds. The lowest BCUT2D eigenvalue weighted by atomic mass is 9.88. The maximum atomic E-state index is 11.9. The quantitative estimate of drug-likeness (QED) is 0.692. The highest BCUT2D eigenvalue weighted by atomic mass is 16.5. The summed E-state index contributed by atoms with van der Waals surface area (Å²) < 4.78 is 5.89. The molecular weight excluding hydrogens is 268 g/mol. The van der Waals surface area contributed by atoms with Crippen molar-refractivity contribution in [3.63, 3.8) is 0 Å². The summed E-state index contributed by atoms with van der Waals surface area (Å²) in [4.78, 5) is 14.0. The number of aliphatic hydroxyl groups excluding tert-OH is 1. The van der Waals surface area contributed by atoms with Crippen molar-refractivity contribution < 1.29 is 14.6 Å². The zero-order chi connectivity index (χ0) is 15.1. The number of nitrogens with zero attached hydrogens (tertiary/aromatic N) is 1. The Kier molecular flexibility index (Phi) is 6.93. The van der Waals surface area contributed by atoms with Crippen LogP contribution < -0.4 is 5.32 Å². The summed E-state index contributed by atoms with van der Waals surface area (Å²) in [6, 6.07) is 0.162. The monoisotopic (exact) mass is 298 g/mol. The van der Waals surface area contributed by atoms with Gasteiger partial charge in [0.05, 0.1) is 25.9 Å². The van der Waals surface area contributed by atoms with E-state index in [1.54, 1.807) is 0 Å². The number of amides is 1. The van der Waals surface area contributed by atoms with Gasteiger partial charge in [0.2, 0.25) is 5.91 Å². The summed E-state index contributed by atoms with van der Waals surface area (Å²) in [7, 11) is 0. The molecule has 2 rings (SSSR count). The number of ether oxygens (including phenoxy) is 1. The third-order valence-electron chi connectivity index (χ3n) is 4.85. The first kappa shape index (κ1) is 16.7. The number of carbonyl (C=O) groups is 1. The smallest absolute Gasteiger partial charge is 0.234 e. The van der Waals surface area contributed by atoms with E-state index in [9.17, 15) is 9.90 Å². The van der Waals surface area contributed by atoms with Crippen LogP contribution in [-0.4, -0.2) is 60.9 Å². The Balaban J connectivity index is 1.56. The van der Waals surface area contributed by atoms with Crippen molar-refractivity contribution >= 4 is 5.91 Å². The fraction of sp³-hybridized carbons (Fsp3) is 0.938. The minimum absolute atomic E-state index is 0.0376. The van der Waals surface area contributed by atoms with Crippen LogP contribution in [0.1, 0.15) is 45.4 Å². The number of nitrogens with one attached hydrogen (secondary N) is 1. The molecule has 2 unspecified atom stereocenters. The van der Waals surface area contributed by atoms with Crippen LogP contribution >= 0.6 is 0 Å². The van der Waals surface area contributed by atoms with Crippen molar-refractivity contribution in [2.45, 2.75) is 57.6 Å². The first-order chi connectivity index (χ1) is 10.2. The number of aliphatic hydroxyl groups is 1. The van der Waals surface area contributed by atoms with Gasteiger partial charge >= 0.3 is 0 Å². The Labute approximate surface area is 128 Å². The third-order valence-corrected chi connectivity index (χ3v) is 4.85. The maximum Gasteiger partial charge on any atom is 0.234 e. The standard InChI is InChI=1S/C16H30N2O3/c1-13-5-2-3-7-15(13)21-10-8-17-16(20)11-18-9-4-6-14(18)12-19/h13-15,19H,2-12H2,1H3,(H,17,20)/t13?,14-,15?/m1/s1. The van der Waals surface area contributed by atoms with E-state index in [2.05, 4.69) is 17.1 Å². The van der Waals surface area contributed by atoms with Gasteiger partial charge < -0.3 is 15.2 Å². The summed E-state index contributed by atoms with van der Waals surface area (Å²) in [5.74, 6) is 0.681. The molecule has 1 aliphatic heterocycles. The van der Waals surface area contributed by atoms with E-state index in [-0.39, 0.29) is 18.6 Å². The number of hydrogen-bond donors (Lipinski definition) is 2. The van der Waals surface area contributed by atoms with Crippen molar-refractivity contribution in [2.75, 3.05) is 32.8 Å². The van der Waals surface area contributed by atoms with Crippen molar-refractivity contribution in [3.05, 3.63) is 0 Å². The summed E-state index contributed by atoms with van der Waals surface area (Å²) in [6.07, 6.45) is 7.43. The Bertz CT molecular complexity index is 325. The number of hydrogen-bond acceptors (Lipinski definition) is 4. The van der Waals surface area contributed by atoms with Gasteiger partial charge in [-0.1, -0.05) is 19.8 Å². The van der Waals surface area contributed by atoms with E-state index >= 15 is 0 Å².